The first-order chi connectivity index (χ1) is 10.1. The van der Waals surface area contributed by atoms with E-state index in [9.17, 15) is 9.59 Å². The number of aryl methyl sites for hydroxylation is 1. The zero-order valence-corrected chi connectivity index (χ0v) is 12.9. The van der Waals surface area contributed by atoms with Crippen LogP contribution in [0, 0.1) is 6.92 Å². The standard InChI is InChI=1S/C17H24N2O2/c1-3-5-15-17(21)19(11-9-16(20)18-15)10-8-14-7-4-6-13(2)12-14/h4,6-7,12,15H,3,5,8-11H2,1-2H3,(H,18,20). The van der Waals surface area contributed by atoms with Crippen LogP contribution in [-0.2, 0) is 16.0 Å². The van der Waals surface area contributed by atoms with Crippen LogP contribution in [0.2, 0.25) is 0 Å². The van der Waals surface area contributed by atoms with Gasteiger partial charge in [0.25, 0.3) is 0 Å². The van der Waals surface area contributed by atoms with Crippen molar-refractivity contribution in [3.05, 3.63) is 35.4 Å². The van der Waals surface area contributed by atoms with Gasteiger partial charge in [0.1, 0.15) is 6.04 Å². The number of benzene rings is 1. The quantitative estimate of drug-likeness (QED) is 0.901. The predicted molar refractivity (Wildman–Crippen MR) is 82.9 cm³/mol. The monoisotopic (exact) mass is 288 g/mol. The Bertz CT molecular complexity index is 513. The van der Waals surface area contributed by atoms with Gasteiger partial charge in [-0.2, -0.15) is 0 Å². The average molecular weight is 288 g/mol. The summed E-state index contributed by atoms with van der Waals surface area (Å²) < 4.78 is 0. The summed E-state index contributed by atoms with van der Waals surface area (Å²) in [7, 11) is 0. The van der Waals surface area contributed by atoms with E-state index >= 15 is 0 Å². The minimum Gasteiger partial charge on any atom is -0.344 e. The predicted octanol–water partition coefficient (Wildman–Crippen LogP) is 2.05. The summed E-state index contributed by atoms with van der Waals surface area (Å²) in [6, 6.07) is 8.00. The third kappa shape index (κ3) is 4.31. The molecule has 2 amide bonds. The van der Waals surface area contributed by atoms with Crippen LogP contribution in [0.1, 0.15) is 37.3 Å². The van der Waals surface area contributed by atoms with Gasteiger partial charge in [-0.25, -0.2) is 0 Å². The van der Waals surface area contributed by atoms with Crippen molar-refractivity contribution in [1.29, 1.82) is 0 Å². The normalized spacial score (nSPS) is 19.3. The Balaban J connectivity index is 2.00. The van der Waals surface area contributed by atoms with E-state index < -0.39 is 0 Å². The molecule has 1 fully saturated rings. The molecule has 1 aromatic rings. The van der Waals surface area contributed by atoms with Crippen molar-refractivity contribution in [1.82, 2.24) is 10.2 Å². The van der Waals surface area contributed by atoms with Crippen molar-refractivity contribution >= 4 is 11.8 Å². The van der Waals surface area contributed by atoms with Crippen molar-refractivity contribution in [3.8, 4) is 0 Å². The van der Waals surface area contributed by atoms with Crippen molar-refractivity contribution < 1.29 is 9.59 Å². The van der Waals surface area contributed by atoms with E-state index in [-0.39, 0.29) is 17.9 Å². The van der Waals surface area contributed by atoms with Gasteiger partial charge < -0.3 is 10.2 Å². The first kappa shape index (κ1) is 15.5. The minimum absolute atomic E-state index is 0.0140. The second kappa shape index (κ2) is 7.25. The molecule has 0 aliphatic carbocycles. The first-order valence-electron chi connectivity index (χ1n) is 7.74. The summed E-state index contributed by atoms with van der Waals surface area (Å²) >= 11 is 0. The fourth-order valence-corrected chi connectivity index (χ4v) is 2.73. The smallest absolute Gasteiger partial charge is 0.245 e. The lowest BCUT2D eigenvalue weighted by molar-refractivity contribution is -0.133. The number of nitrogens with zero attached hydrogens (tertiary/aromatic N) is 1. The highest BCUT2D eigenvalue weighted by atomic mass is 16.2. The zero-order valence-electron chi connectivity index (χ0n) is 12.9. The molecule has 114 valence electrons. The number of hydrogen-bond donors (Lipinski definition) is 1. The van der Waals surface area contributed by atoms with E-state index in [0.29, 0.717) is 25.9 Å². The first-order valence-corrected chi connectivity index (χ1v) is 7.74. The molecule has 1 atom stereocenters. The molecule has 1 heterocycles. The van der Waals surface area contributed by atoms with Gasteiger partial charge >= 0.3 is 0 Å². The highest BCUT2D eigenvalue weighted by molar-refractivity contribution is 5.89. The largest absolute Gasteiger partial charge is 0.344 e. The van der Waals surface area contributed by atoms with Crippen LogP contribution < -0.4 is 5.32 Å². The molecule has 1 N–H and O–H groups in total. The topological polar surface area (TPSA) is 49.4 Å². The number of carbonyl (C=O) groups excluding carboxylic acids is 2. The van der Waals surface area contributed by atoms with E-state index in [1.165, 1.54) is 11.1 Å². The third-order valence-electron chi connectivity index (χ3n) is 3.88. The number of hydrogen-bond acceptors (Lipinski definition) is 2. The molecule has 2 rings (SSSR count). The number of nitrogens with one attached hydrogen (secondary N) is 1. The average Bonchev–Trinajstić information content (AvgIpc) is 2.58. The van der Waals surface area contributed by atoms with Gasteiger partial charge in [-0.3, -0.25) is 9.59 Å². The van der Waals surface area contributed by atoms with E-state index in [1.807, 2.05) is 17.9 Å². The van der Waals surface area contributed by atoms with Gasteiger partial charge in [0.15, 0.2) is 0 Å². The summed E-state index contributed by atoms with van der Waals surface area (Å²) in [5.41, 5.74) is 2.47. The second-order valence-corrected chi connectivity index (χ2v) is 5.72. The highest BCUT2D eigenvalue weighted by Crippen LogP contribution is 2.11. The maximum absolute atomic E-state index is 12.5. The van der Waals surface area contributed by atoms with E-state index in [1.54, 1.807) is 0 Å². The Kier molecular flexibility index (Phi) is 5.37. The lowest BCUT2D eigenvalue weighted by Gasteiger charge is -2.24. The van der Waals surface area contributed by atoms with Crippen LogP contribution in [0.15, 0.2) is 24.3 Å². The molecule has 0 radical (unpaired) electrons. The van der Waals surface area contributed by atoms with Crippen molar-refractivity contribution in [2.45, 2.75) is 45.6 Å². The summed E-state index contributed by atoms with van der Waals surface area (Å²) in [5, 5.41) is 2.84. The molecule has 1 saturated heterocycles. The maximum Gasteiger partial charge on any atom is 0.245 e. The third-order valence-corrected chi connectivity index (χ3v) is 3.88. The molecule has 1 aliphatic heterocycles. The van der Waals surface area contributed by atoms with Gasteiger partial charge in [0.2, 0.25) is 11.8 Å². The number of carbonyl (C=O) groups is 2. The van der Waals surface area contributed by atoms with Gasteiger partial charge in [-0.1, -0.05) is 43.2 Å². The van der Waals surface area contributed by atoms with Crippen molar-refractivity contribution in [2.75, 3.05) is 13.1 Å². The van der Waals surface area contributed by atoms with Crippen LogP contribution in [-0.4, -0.2) is 35.8 Å². The molecule has 1 aromatic carbocycles. The zero-order chi connectivity index (χ0) is 15.2. The molecule has 21 heavy (non-hydrogen) atoms. The van der Waals surface area contributed by atoms with Gasteiger partial charge in [-0.05, 0) is 25.3 Å². The maximum atomic E-state index is 12.5. The fourth-order valence-electron chi connectivity index (χ4n) is 2.73. The molecular weight excluding hydrogens is 264 g/mol. The molecule has 0 aromatic heterocycles. The Hall–Kier alpha value is -1.84. The van der Waals surface area contributed by atoms with Crippen molar-refractivity contribution in [2.24, 2.45) is 0 Å². The number of amides is 2. The van der Waals surface area contributed by atoms with Gasteiger partial charge in [0, 0.05) is 19.5 Å². The molecule has 1 aliphatic rings. The van der Waals surface area contributed by atoms with Crippen LogP contribution in [0.25, 0.3) is 0 Å². The van der Waals surface area contributed by atoms with E-state index in [2.05, 4.69) is 30.4 Å². The van der Waals surface area contributed by atoms with Crippen LogP contribution in [0.4, 0.5) is 0 Å². The molecule has 0 bridgehead atoms. The molecule has 1 unspecified atom stereocenters. The molecule has 0 saturated carbocycles. The van der Waals surface area contributed by atoms with Gasteiger partial charge in [0.05, 0.1) is 0 Å². The fraction of sp³-hybridized carbons (Fsp3) is 0.529. The van der Waals surface area contributed by atoms with Crippen LogP contribution in [0.5, 0.6) is 0 Å². The van der Waals surface area contributed by atoms with Gasteiger partial charge in [-0.15, -0.1) is 0 Å². The van der Waals surface area contributed by atoms with Crippen LogP contribution in [0.3, 0.4) is 0 Å². The summed E-state index contributed by atoms with van der Waals surface area (Å²) in [5.74, 6) is 0.0511. The Morgan fingerprint density at radius 2 is 2.14 bits per heavy atom. The molecule has 0 spiro atoms. The Morgan fingerprint density at radius 1 is 1.33 bits per heavy atom. The lowest BCUT2D eigenvalue weighted by Crippen LogP contribution is -2.45. The summed E-state index contributed by atoms with van der Waals surface area (Å²) in [6.45, 7) is 5.30. The second-order valence-electron chi connectivity index (χ2n) is 5.72. The van der Waals surface area contributed by atoms with Crippen molar-refractivity contribution in [3.63, 3.8) is 0 Å². The Labute approximate surface area is 126 Å². The van der Waals surface area contributed by atoms with E-state index in [4.69, 9.17) is 0 Å². The SMILES string of the molecule is CCCC1NC(=O)CCN(CCc2cccc(C)c2)C1=O. The molecule has 4 heteroatoms. The Morgan fingerprint density at radius 3 is 2.86 bits per heavy atom. The summed E-state index contributed by atoms with van der Waals surface area (Å²) in [4.78, 5) is 26.0. The molecule has 4 nitrogen and oxygen atoms in total. The van der Waals surface area contributed by atoms with Crippen LogP contribution >= 0.6 is 0 Å². The summed E-state index contributed by atoms with van der Waals surface area (Å²) in [6.07, 6.45) is 2.84. The van der Waals surface area contributed by atoms with E-state index in [0.717, 1.165) is 12.8 Å². The molecular formula is C17H24N2O2. The minimum atomic E-state index is -0.345. The lowest BCUT2D eigenvalue weighted by atomic mass is 10.1. The highest BCUT2D eigenvalue weighted by Gasteiger charge is 2.28. The number of rotatable bonds is 5.